The molecule has 0 atom stereocenters. The van der Waals surface area contributed by atoms with Crippen molar-refractivity contribution in [1.29, 1.82) is 0 Å². The first-order valence-electron chi connectivity index (χ1n) is 6.50. The van der Waals surface area contributed by atoms with Crippen LogP contribution in [0.5, 0.6) is 0 Å². The number of fused-ring (bicyclic) bond motifs is 1. The Morgan fingerprint density at radius 1 is 1.26 bits per heavy atom. The van der Waals surface area contributed by atoms with Crippen LogP contribution in [0.25, 0.3) is 11.0 Å². The normalized spacial score (nSPS) is 11.6. The standard InChI is InChI=1S/C15H11BrN2O4S/c1-22-15(19)13-9-18(14-12(13)7-10(16)8-17-14)23(20,21)11-5-3-2-4-6-11/h2-9H,1H3. The molecule has 0 unspecified atom stereocenters. The summed E-state index contributed by atoms with van der Waals surface area (Å²) in [5, 5.41) is 0.394. The fourth-order valence-electron chi connectivity index (χ4n) is 2.22. The molecule has 0 aliphatic rings. The van der Waals surface area contributed by atoms with Gasteiger partial charge in [0.25, 0.3) is 10.0 Å². The van der Waals surface area contributed by atoms with E-state index in [0.29, 0.717) is 9.86 Å². The van der Waals surface area contributed by atoms with Crippen molar-refractivity contribution in [2.45, 2.75) is 4.90 Å². The molecule has 0 radical (unpaired) electrons. The van der Waals surface area contributed by atoms with Gasteiger partial charge in [0.2, 0.25) is 0 Å². The van der Waals surface area contributed by atoms with Gasteiger partial charge < -0.3 is 4.74 Å². The zero-order valence-corrected chi connectivity index (χ0v) is 14.3. The highest BCUT2D eigenvalue weighted by Crippen LogP contribution is 2.27. The molecule has 2 heterocycles. The molecule has 0 aliphatic heterocycles. The summed E-state index contributed by atoms with van der Waals surface area (Å²) in [6.45, 7) is 0. The zero-order valence-electron chi connectivity index (χ0n) is 11.9. The van der Waals surface area contributed by atoms with Gasteiger partial charge in [0, 0.05) is 22.3 Å². The number of rotatable bonds is 3. The molecule has 1 aromatic carbocycles. The third-order valence-electron chi connectivity index (χ3n) is 3.28. The number of carbonyl (C=O) groups excluding carboxylic acids is 1. The topological polar surface area (TPSA) is 78.3 Å². The Labute approximate surface area is 140 Å². The first-order valence-corrected chi connectivity index (χ1v) is 8.74. The van der Waals surface area contributed by atoms with E-state index in [0.717, 1.165) is 3.97 Å². The molecule has 0 saturated heterocycles. The molecule has 0 spiro atoms. The second-order valence-corrected chi connectivity index (χ2v) is 7.40. The number of benzene rings is 1. The van der Waals surface area contributed by atoms with Crippen LogP contribution in [0.4, 0.5) is 0 Å². The zero-order chi connectivity index (χ0) is 16.6. The van der Waals surface area contributed by atoms with Crippen molar-refractivity contribution in [3.05, 3.63) is 58.8 Å². The number of hydrogen-bond donors (Lipinski definition) is 0. The van der Waals surface area contributed by atoms with E-state index < -0.39 is 16.0 Å². The maximum atomic E-state index is 12.8. The Morgan fingerprint density at radius 3 is 2.61 bits per heavy atom. The fraction of sp³-hybridized carbons (Fsp3) is 0.0667. The highest BCUT2D eigenvalue weighted by atomic mass is 79.9. The van der Waals surface area contributed by atoms with E-state index in [4.69, 9.17) is 4.74 Å². The van der Waals surface area contributed by atoms with Gasteiger partial charge in [0.05, 0.1) is 17.6 Å². The second kappa shape index (κ2) is 5.78. The average Bonchev–Trinajstić information content (AvgIpc) is 2.94. The maximum Gasteiger partial charge on any atom is 0.340 e. The number of methoxy groups -OCH3 is 1. The van der Waals surface area contributed by atoms with Crippen LogP contribution in [-0.2, 0) is 14.8 Å². The van der Waals surface area contributed by atoms with E-state index in [1.165, 1.54) is 31.6 Å². The predicted molar refractivity (Wildman–Crippen MR) is 87.8 cm³/mol. The molecule has 0 bridgehead atoms. The Bertz CT molecular complexity index is 997. The number of carbonyl (C=O) groups is 1. The number of hydrogen-bond acceptors (Lipinski definition) is 5. The minimum absolute atomic E-state index is 0.109. The highest BCUT2D eigenvalue weighted by Gasteiger charge is 2.25. The summed E-state index contributed by atoms with van der Waals surface area (Å²) in [6.07, 6.45) is 2.71. The first-order chi connectivity index (χ1) is 10.9. The van der Waals surface area contributed by atoms with Gasteiger partial charge >= 0.3 is 5.97 Å². The van der Waals surface area contributed by atoms with Crippen molar-refractivity contribution in [3.8, 4) is 0 Å². The molecule has 0 N–H and O–H groups in total. The van der Waals surface area contributed by atoms with E-state index in [1.54, 1.807) is 24.3 Å². The lowest BCUT2D eigenvalue weighted by Crippen LogP contribution is -2.12. The average molecular weight is 395 g/mol. The lowest BCUT2D eigenvalue weighted by molar-refractivity contribution is 0.0603. The van der Waals surface area contributed by atoms with E-state index >= 15 is 0 Å². The summed E-state index contributed by atoms with van der Waals surface area (Å²) >= 11 is 3.27. The van der Waals surface area contributed by atoms with Crippen LogP contribution in [0.1, 0.15) is 10.4 Å². The quantitative estimate of drug-likeness (QED) is 0.638. The van der Waals surface area contributed by atoms with E-state index in [1.807, 2.05) is 0 Å². The molecule has 118 valence electrons. The van der Waals surface area contributed by atoms with Crippen molar-refractivity contribution in [1.82, 2.24) is 8.96 Å². The molecule has 3 rings (SSSR count). The van der Waals surface area contributed by atoms with E-state index in [-0.39, 0.29) is 16.1 Å². The third-order valence-corrected chi connectivity index (χ3v) is 5.38. The van der Waals surface area contributed by atoms with Gasteiger partial charge in [-0.1, -0.05) is 18.2 Å². The van der Waals surface area contributed by atoms with Crippen molar-refractivity contribution in [2.75, 3.05) is 7.11 Å². The molecule has 0 fully saturated rings. The van der Waals surface area contributed by atoms with Crippen molar-refractivity contribution in [3.63, 3.8) is 0 Å². The number of halogens is 1. The van der Waals surface area contributed by atoms with Crippen LogP contribution in [-0.4, -0.2) is 30.5 Å². The Balaban J connectivity index is 2.33. The summed E-state index contributed by atoms with van der Waals surface area (Å²) in [5.74, 6) is -0.628. The van der Waals surface area contributed by atoms with Crippen LogP contribution in [0.2, 0.25) is 0 Å². The smallest absolute Gasteiger partial charge is 0.340 e. The van der Waals surface area contributed by atoms with Crippen molar-refractivity contribution < 1.29 is 17.9 Å². The lowest BCUT2D eigenvalue weighted by Gasteiger charge is -2.06. The molecule has 2 aromatic heterocycles. The van der Waals surface area contributed by atoms with Gasteiger partial charge in [-0.3, -0.25) is 0 Å². The molecule has 0 saturated carbocycles. The molecule has 0 aliphatic carbocycles. The Hall–Kier alpha value is -2.19. The predicted octanol–water partition coefficient (Wildman–Crippen LogP) is 2.82. The molecule has 3 aromatic rings. The summed E-state index contributed by atoms with van der Waals surface area (Å²) < 4.78 is 32.0. The molecule has 0 amide bonds. The third kappa shape index (κ3) is 2.64. The number of aromatic nitrogens is 2. The number of nitrogens with zero attached hydrogens (tertiary/aromatic N) is 2. The lowest BCUT2D eigenvalue weighted by atomic mass is 10.2. The summed E-state index contributed by atoms with van der Waals surface area (Å²) in [5.41, 5.74) is 0.299. The van der Waals surface area contributed by atoms with Gasteiger partial charge in [-0.05, 0) is 34.1 Å². The molecular formula is C15H11BrN2O4S. The number of ether oxygens (including phenoxy) is 1. The van der Waals surface area contributed by atoms with Gasteiger partial charge in [-0.25, -0.2) is 22.2 Å². The molecular weight excluding hydrogens is 384 g/mol. The first kappa shape index (κ1) is 15.7. The van der Waals surface area contributed by atoms with Crippen LogP contribution >= 0.6 is 15.9 Å². The number of pyridine rings is 1. The minimum Gasteiger partial charge on any atom is -0.465 e. The summed E-state index contributed by atoms with van der Waals surface area (Å²) in [7, 11) is -2.63. The van der Waals surface area contributed by atoms with Gasteiger partial charge in [-0.2, -0.15) is 0 Å². The highest BCUT2D eigenvalue weighted by molar-refractivity contribution is 9.10. The maximum absolute atomic E-state index is 12.8. The van der Waals surface area contributed by atoms with Crippen LogP contribution < -0.4 is 0 Å². The van der Waals surface area contributed by atoms with Crippen LogP contribution in [0.15, 0.2) is 58.2 Å². The van der Waals surface area contributed by atoms with Crippen molar-refractivity contribution in [2.24, 2.45) is 0 Å². The monoisotopic (exact) mass is 394 g/mol. The summed E-state index contributed by atoms with van der Waals surface area (Å²) in [6, 6.07) is 9.58. The molecule has 6 nitrogen and oxygen atoms in total. The minimum atomic E-state index is -3.87. The number of esters is 1. The summed E-state index contributed by atoms with van der Waals surface area (Å²) in [4.78, 5) is 16.2. The molecule has 8 heteroatoms. The van der Waals surface area contributed by atoms with Crippen molar-refractivity contribution >= 4 is 43.0 Å². The molecule has 23 heavy (non-hydrogen) atoms. The van der Waals surface area contributed by atoms with Gasteiger partial charge in [0.1, 0.15) is 0 Å². The van der Waals surface area contributed by atoms with Gasteiger partial charge in [-0.15, -0.1) is 0 Å². The largest absolute Gasteiger partial charge is 0.465 e. The second-order valence-electron chi connectivity index (χ2n) is 4.67. The SMILES string of the molecule is COC(=O)c1cn(S(=O)(=O)c2ccccc2)c2ncc(Br)cc12. The Morgan fingerprint density at radius 2 is 1.96 bits per heavy atom. The Kier molecular flexibility index (Phi) is 3.95. The fourth-order valence-corrected chi connectivity index (χ4v) is 3.89. The van der Waals surface area contributed by atoms with E-state index in [2.05, 4.69) is 20.9 Å². The van der Waals surface area contributed by atoms with Gasteiger partial charge in [0.15, 0.2) is 5.65 Å². The van der Waals surface area contributed by atoms with E-state index in [9.17, 15) is 13.2 Å². The van der Waals surface area contributed by atoms with Crippen LogP contribution in [0, 0.1) is 0 Å². The van der Waals surface area contributed by atoms with Crippen LogP contribution in [0.3, 0.4) is 0 Å².